The van der Waals surface area contributed by atoms with E-state index in [1.54, 1.807) is 20.8 Å². The van der Waals surface area contributed by atoms with Crippen LogP contribution in [0.3, 0.4) is 0 Å². The summed E-state index contributed by atoms with van der Waals surface area (Å²) in [4.78, 5) is 23.4. The van der Waals surface area contributed by atoms with Crippen LogP contribution in [-0.4, -0.2) is 31.3 Å². The van der Waals surface area contributed by atoms with Gasteiger partial charge in [-0.05, 0) is 23.1 Å². The van der Waals surface area contributed by atoms with Gasteiger partial charge in [-0.3, -0.25) is 10.1 Å². The first-order valence-electron chi connectivity index (χ1n) is 9.36. The molecule has 0 aliphatic rings. The Balaban J connectivity index is 3.60. The van der Waals surface area contributed by atoms with Gasteiger partial charge in [-0.1, -0.05) is 26.8 Å². The molecular weight excluding hydrogens is 461 g/mol. The van der Waals surface area contributed by atoms with Gasteiger partial charge in [0.15, 0.2) is 6.29 Å². The second-order valence-corrected chi connectivity index (χ2v) is 8.06. The van der Waals surface area contributed by atoms with E-state index in [4.69, 9.17) is 5.41 Å². The molecule has 0 heterocycles. The fourth-order valence-electron chi connectivity index (χ4n) is 2.82. The van der Waals surface area contributed by atoms with E-state index >= 15 is 0 Å². The van der Waals surface area contributed by atoms with Crippen LogP contribution in [0.1, 0.15) is 44.4 Å². The lowest BCUT2D eigenvalue weighted by atomic mass is 9.82. The number of halogens is 7. The highest BCUT2D eigenvalue weighted by Crippen LogP contribution is 2.37. The van der Waals surface area contributed by atoms with E-state index in [1.165, 1.54) is 7.05 Å². The van der Waals surface area contributed by atoms with E-state index in [-0.39, 0.29) is 11.8 Å². The van der Waals surface area contributed by atoms with Crippen LogP contribution < -0.4 is 16.0 Å². The van der Waals surface area contributed by atoms with Gasteiger partial charge in [-0.15, -0.1) is 0 Å². The lowest BCUT2D eigenvalue weighted by Gasteiger charge is -2.34. The summed E-state index contributed by atoms with van der Waals surface area (Å²) in [5.41, 5.74) is -4.47. The molecule has 0 radical (unpaired) electrons. The lowest BCUT2D eigenvalue weighted by molar-refractivity contribution is -0.140. The molecule has 1 aromatic rings. The van der Waals surface area contributed by atoms with Gasteiger partial charge in [0.2, 0.25) is 0 Å². The van der Waals surface area contributed by atoms with E-state index < -0.39 is 64.7 Å². The molecule has 0 saturated heterocycles. The molecule has 184 valence electrons. The fraction of sp³-hybridized carbons (Fsp3) is 0.450. The van der Waals surface area contributed by atoms with Crippen LogP contribution in [0.2, 0.25) is 0 Å². The van der Waals surface area contributed by atoms with Crippen molar-refractivity contribution in [1.29, 1.82) is 5.41 Å². The number of hydrogen-bond donors (Lipinski definition) is 4. The molecule has 0 aromatic heterocycles. The minimum atomic E-state index is -4.95. The molecule has 1 rings (SSSR count). The number of urea groups is 1. The maximum atomic E-state index is 14.2. The molecule has 1 unspecified atom stereocenters. The summed E-state index contributed by atoms with van der Waals surface area (Å²) in [5, 5.41) is 14.5. The van der Waals surface area contributed by atoms with E-state index in [9.17, 15) is 40.3 Å². The summed E-state index contributed by atoms with van der Waals surface area (Å²) in [6.45, 7) is 4.75. The first-order chi connectivity index (χ1) is 14.9. The Kier molecular flexibility index (Phi) is 8.64. The first kappa shape index (κ1) is 27.9. The second kappa shape index (κ2) is 10.2. The van der Waals surface area contributed by atoms with Crippen LogP contribution in [-0.2, 0) is 11.0 Å². The van der Waals surface area contributed by atoms with Crippen molar-refractivity contribution < 1.29 is 40.3 Å². The largest absolute Gasteiger partial charge is 0.419 e. The first-order valence-corrected chi connectivity index (χ1v) is 9.36. The zero-order valence-electron chi connectivity index (χ0n) is 18.1. The molecule has 13 heteroatoms. The highest BCUT2D eigenvalue weighted by molar-refractivity contribution is 6.14. The number of carbonyl (C=O) groups excluding carboxylic acids is 2. The van der Waals surface area contributed by atoms with Gasteiger partial charge in [0.25, 0.3) is 0 Å². The van der Waals surface area contributed by atoms with Gasteiger partial charge in [0, 0.05) is 7.05 Å². The Morgan fingerprint density at radius 1 is 1.12 bits per heavy atom. The van der Waals surface area contributed by atoms with Gasteiger partial charge in [0.05, 0.1) is 29.3 Å². The quantitative estimate of drug-likeness (QED) is 0.193. The topological polar surface area (TPSA) is 94.1 Å². The number of carbonyl (C=O) groups is 2. The third kappa shape index (κ3) is 8.06. The van der Waals surface area contributed by atoms with E-state index in [2.05, 4.69) is 16.0 Å². The van der Waals surface area contributed by atoms with Crippen LogP contribution in [0.15, 0.2) is 29.6 Å². The smallest absolute Gasteiger partial charge is 0.364 e. The second-order valence-electron chi connectivity index (χ2n) is 8.06. The highest BCUT2D eigenvalue weighted by atomic mass is 19.4. The summed E-state index contributed by atoms with van der Waals surface area (Å²) < 4.78 is 91.2. The Labute approximate surface area is 185 Å². The SMILES string of the molecule is CNC(=O)N/C(NC(c1ccc(C(F)(F)F)c(F)c1)C(C)(C)C)=C(\C=O)C(=N)CC(F)(F)F. The maximum Gasteiger partial charge on any atom is 0.419 e. The number of hydrogen-bond acceptors (Lipinski definition) is 4. The van der Waals surface area contributed by atoms with Crippen molar-refractivity contribution in [3.05, 3.63) is 46.5 Å². The molecule has 4 N–H and O–H groups in total. The monoisotopic (exact) mass is 484 g/mol. The van der Waals surface area contributed by atoms with Crippen molar-refractivity contribution in [1.82, 2.24) is 16.0 Å². The zero-order chi connectivity index (χ0) is 25.8. The number of rotatable bonds is 7. The lowest BCUT2D eigenvalue weighted by Crippen LogP contribution is -2.43. The minimum Gasteiger partial charge on any atom is -0.364 e. The normalized spacial score (nSPS) is 14.2. The van der Waals surface area contributed by atoms with Gasteiger partial charge in [0.1, 0.15) is 11.6 Å². The fourth-order valence-corrected chi connectivity index (χ4v) is 2.82. The summed E-state index contributed by atoms with van der Waals surface area (Å²) in [5.74, 6) is -2.18. The average molecular weight is 484 g/mol. The molecule has 0 saturated carbocycles. The summed E-state index contributed by atoms with van der Waals surface area (Å²) >= 11 is 0. The molecule has 1 aromatic carbocycles. The van der Waals surface area contributed by atoms with Crippen molar-refractivity contribution in [2.75, 3.05) is 7.05 Å². The molecule has 0 fully saturated rings. The van der Waals surface area contributed by atoms with Gasteiger partial charge in [-0.25, -0.2) is 9.18 Å². The number of allylic oxidation sites excluding steroid dienone is 1. The standard InChI is InChI=1S/C20H23F7N4O2/c1-18(2,3)15(10-5-6-12(13(21)7-10)20(25,26)27)30-16(31-17(33)29-4)11(9-32)14(28)8-19(22,23)24/h5-7,9,15,28,30H,8H2,1-4H3,(H2,29,31,33)/b16-11+,28-14?. The highest BCUT2D eigenvalue weighted by Gasteiger charge is 2.36. The van der Waals surface area contributed by atoms with Crippen LogP contribution in [0.4, 0.5) is 35.5 Å². The van der Waals surface area contributed by atoms with Crippen LogP contribution in [0, 0.1) is 16.6 Å². The Bertz CT molecular complexity index is 932. The van der Waals surface area contributed by atoms with E-state index in [0.29, 0.717) is 12.1 Å². The van der Waals surface area contributed by atoms with Crippen molar-refractivity contribution >= 4 is 18.0 Å². The average Bonchev–Trinajstić information content (AvgIpc) is 2.62. The number of benzene rings is 1. The number of nitrogens with one attached hydrogen (secondary N) is 4. The summed E-state index contributed by atoms with van der Waals surface area (Å²) in [6, 6.07) is 0.0178. The zero-order valence-corrected chi connectivity index (χ0v) is 18.1. The van der Waals surface area contributed by atoms with Crippen LogP contribution in [0.25, 0.3) is 0 Å². The van der Waals surface area contributed by atoms with Crippen molar-refractivity contribution in [2.24, 2.45) is 5.41 Å². The van der Waals surface area contributed by atoms with Gasteiger partial charge < -0.3 is 16.0 Å². The van der Waals surface area contributed by atoms with Gasteiger partial charge in [-0.2, -0.15) is 26.3 Å². The number of amides is 2. The van der Waals surface area contributed by atoms with Gasteiger partial charge >= 0.3 is 18.4 Å². The predicted molar refractivity (Wildman–Crippen MR) is 106 cm³/mol. The van der Waals surface area contributed by atoms with Crippen molar-refractivity contribution in [3.63, 3.8) is 0 Å². The number of aldehydes is 1. The molecule has 33 heavy (non-hydrogen) atoms. The van der Waals surface area contributed by atoms with Crippen molar-refractivity contribution in [2.45, 2.75) is 45.6 Å². The van der Waals surface area contributed by atoms with Crippen molar-refractivity contribution in [3.8, 4) is 0 Å². The molecule has 0 aliphatic carbocycles. The summed E-state index contributed by atoms with van der Waals surface area (Å²) in [7, 11) is 1.18. The Morgan fingerprint density at radius 2 is 1.70 bits per heavy atom. The van der Waals surface area contributed by atoms with E-state index in [1.807, 2.05) is 0 Å². The third-order valence-electron chi connectivity index (χ3n) is 4.34. The Hall–Kier alpha value is -3.12. The van der Waals surface area contributed by atoms with Crippen LogP contribution in [0.5, 0.6) is 0 Å². The predicted octanol–water partition coefficient (Wildman–Crippen LogP) is 4.83. The van der Waals surface area contributed by atoms with Crippen LogP contribution >= 0.6 is 0 Å². The number of alkyl halides is 6. The molecule has 0 aliphatic heterocycles. The molecule has 0 bridgehead atoms. The molecule has 2 amide bonds. The molecule has 6 nitrogen and oxygen atoms in total. The molecular formula is C20H23F7N4O2. The molecule has 1 atom stereocenters. The third-order valence-corrected chi connectivity index (χ3v) is 4.34. The van der Waals surface area contributed by atoms with E-state index in [0.717, 1.165) is 6.07 Å². The molecule has 0 spiro atoms. The maximum absolute atomic E-state index is 14.2. The Morgan fingerprint density at radius 3 is 2.09 bits per heavy atom. The summed E-state index contributed by atoms with van der Waals surface area (Å²) in [6.07, 6.45) is -11.6. The minimum absolute atomic E-state index is 0.0446.